The summed E-state index contributed by atoms with van der Waals surface area (Å²) in [4.78, 5) is 14.3. The smallest absolute Gasteiger partial charge is 0.251 e. The molecule has 5 heteroatoms. The second-order valence-electron chi connectivity index (χ2n) is 5.45. The van der Waals surface area contributed by atoms with Crippen molar-refractivity contribution in [1.29, 1.82) is 0 Å². The maximum Gasteiger partial charge on any atom is 0.251 e. The van der Waals surface area contributed by atoms with Crippen molar-refractivity contribution < 1.29 is 14.6 Å². The topological polar surface area (TPSA) is 61.8 Å². The summed E-state index contributed by atoms with van der Waals surface area (Å²) in [5, 5.41) is 12.7. The number of rotatable bonds is 4. The summed E-state index contributed by atoms with van der Waals surface area (Å²) >= 11 is 0. The zero-order valence-corrected chi connectivity index (χ0v) is 12.0. The number of nitrogens with zero attached hydrogens (tertiary/aromatic N) is 1. The fourth-order valence-corrected chi connectivity index (χ4v) is 2.32. The van der Waals surface area contributed by atoms with E-state index in [4.69, 9.17) is 4.74 Å². The molecule has 1 aliphatic heterocycles. The van der Waals surface area contributed by atoms with Gasteiger partial charge in [0.25, 0.3) is 5.91 Å². The molecule has 0 radical (unpaired) electrons. The summed E-state index contributed by atoms with van der Waals surface area (Å²) in [5.74, 6) is -0.142. The second-order valence-corrected chi connectivity index (χ2v) is 5.45. The Morgan fingerprint density at radius 2 is 2.30 bits per heavy atom. The highest BCUT2D eigenvalue weighted by atomic mass is 16.5. The molecular formula is C15H22N2O3. The van der Waals surface area contributed by atoms with Crippen molar-refractivity contribution in [2.45, 2.75) is 25.1 Å². The molecular weight excluding hydrogens is 256 g/mol. The number of aliphatic hydroxyl groups is 1. The highest BCUT2D eigenvalue weighted by Crippen LogP contribution is 2.11. The van der Waals surface area contributed by atoms with Crippen molar-refractivity contribution in [2.75, 3.05) is 27.3 Å². The molecule has 5 nitrogen and oxygen atoms in total. The largest absolute Gasteiger partial charge is 0.389 e. The number of carbonyl (C=O) groups excluding carboxylic acids is 1. The number of carbonyl (C=O) groups is 1. The molecule has 1 amide bonds. The van der Waals surface area contributed by atoms with Crippen molar-refractivity contribution in [1.82, 2.24) is 10.2 Å². The number of amides is 1. The molecule has 0 bridgehead atoms. The SMILES string of the molecule is CN(C)Cc1cccc(C(=O)N[C@@H]2CCOC[C@H]2O)c1. The van der Waals surface area contributed by atoms with Crippen LogP contribution in [0.1, 0.15) is 22.3 Å². The van der Waals surface area contributed by atoms with Gasteiger partial charge in [0.2, 0.25) is 0 Å². The van der Waals surface area contributed by atoms with Gasteiger partial charge in [-0.05, 0) is 38.2 Å². The van der Waals surface area contributed by atoms with E-state index in [1.54, 1.807) is 6.07 Å². The van der Waals surface area contributed by atoms with Gasteiger partial charge in [0.05, 0.1) is 18.8 Å². The lowest BCUT2D eigenvalue weighted by Crippen LogP contribution is -2.48. The molecule has 110 valence electrons. The normalized spacial score (nSPS) is 22.8. The number of ether oxygens (including phenoxy) is 1. The number of nitrogens with one attached hydrogen (secondary N) is 1. The Hall–Kier alpha value is -1.43. The van der Waals surface area contributed by atoms with Crippen LogP contribution in [-0.2, 0) is 11.3 Å². The van der Waals surface area contributed by atoms with E-state index in [0.717, 1.165) is 12.1 Å². The van der Waals surface area contributed by atoms with Crippen LogP contribution < -0.4 is 5.32 Å². The Morgan fingerprint density at radius 3 is 3.00 bits per heavy atom. The van der Waals surface area contributed by atoms with Gasteiger partial charge in [0.1, 0.15) is 0 Å². The van der Waals surface area contributed by atoms with Crippen molar-refractivity contribution in [2.24, 2.45) is 0 Å². The molecule has 0 saturated carbocycles. The molecule has 1 aromatic rings. The van der Waals surface area contributed by atoms with E-state index in [0.29, 0.717) is 18.6 Å². The summed E-state index contributed by atoms with van der Waals surface area (Å²) in [6.07, 6.45) is 0.0160. The predicted octanol–water partition coefficient (Wildman–Crippen LogP) is 0.628. The maximum absolute atomic E-state index is 12.2. The standard InChI is InChI=1S/C15H22N2O3/c1-17(2)9-11-4-3-5-12(8-11)15(19)16-13-6-7-20-10-14(13)18/h3-5,8,13-14,18H,6-7,9-10H2,1-2H3,(H,16,19)/t13-,14-/m1/s1. The Morgan fingerprint density at radius 1 is 1.50 bits per heavy atom. The van der Waals surface area contributed by atoms with Gasteiger partial charge >= 0.3 is 0 Å². The van der Waals surface area contributed by atoms with Crippen LogP contribution in [0.5, 0.6) is 0 Å². The quantitative estimate of drug-likeness (QED) is 0.848. The van der Waals surface area contributed by atoms with Crippen LogP contribution in [0.15, 0.2) is 24.3 Å². The van der Waals surface area contributed by atoms with E-state index in [9.17, 15) is 9.90 Å². The van der Waals surface area contributed by atoms with Crippen LogP contribution in [-0.4, -0.2) is 55.4 Å². The Balaban J connectivity index is 2.01. The molecule has 1 saturated heterocycles. The van der Waals surface area contributed by atoms with Crippen LogP contribution >= 0.6 is 0 Å². The van der Waals surface area contributed by atoms with Gasteiger partial charge in [0, 0.05) is 18.7 Å². The third-order valence-electron chi connectivity index (χ3n) is 3.33. The van der Waals surface area contributed by atoms with E-state index in [-0.39, 0.29) is 18.6 Å². The van der Waals surface area contributed by atoms with Crippen LogP contribution in [0.3, 0.4) is 0 Å². The molecule has 2 atom stereocenters. The van der Waals surface area contributed by atoms with E-state index in [1.807, 2.05) is 32.3 Å². The van der Waals surface area contributed by atoms with E-state index in [1.165, 1.54) is 0 Å². The third kappa shape index (κ3) is 4.03. The highest BCUT2D eigenvalue weighted by Gasteiger charge is 2.25. The van der Waals surface area contributed by atoms with Gasteiger partial charge < -0.3 is 20.1 Å². The molecule has 20 heavy (non-hydrogen) atoms. The van der Waals surface area contributed by atoms with Crippen LogP contribution in [0.4, 0.5) is 0 Å². The zero-order chi connectivity index (χ0) is 14.5. The van der Waals surface area contributed by atoms with E-state index >= 15 is 0 Å². The lowest BCUT2D eigenvalue weighted by Gasteiger charge is -2.28. The lowest BCUT2D eigenvalue weighted by atomic mass is 10.0. The minimum Gasteiger partial charge on any atom is -0.389 e. The van der Waals surface area contributed by atoms with Gasteiger partial charge in [-0.2, -0.15) is 0 Å². The maximum atomic E-state index is 12.2. The molecule has 1 aliphatic rings. The molecule has 1 aromatic carbocycles. The molecule has 0 aliphatic carbocycles. The molecule has 2 rings (SSSR count). The monoisotopic (exact) mass is 278 g/mol. The molecule has 0 unspecified atom stereocenters. The highest BCUT2D eigenvalue weighted by molar-refractivity contribution is 5.94. The third-order valence-corrected chi connectivity index (χ3v) is 3.33. The van der Waals surface area contributed by atoms with Crippen molar-refractivity contribution in [3.63, 3.8) is 0 Å². The average Bonchev–Trinajstić information content (AvgIpc) is 2.41. The van der Waals surface area contributed by atoms with Gasteiger partial charge in [-0.3, -0.25) is 4.79 Å². The first-order valence-corrected chi connectivity index (χ1v) is 6.86. The molecule has 1 heterocycles. The first-order chi connectivity index (χ1) is 9.56. The van der Waals surface area contributed by atoms with Crippen LogP contribution in [0, 0.1) is 0 Å². The summed E-state index contributed by atoms with van der Waals surface area (Å²) in [6, 6.07) is 7.34. The fraction of sp³-hybridized carbons (Fsp3) is 0.533. The Kier molecular flexibility index (Phi) is 5.11. The molecule has 1 fully saturated rings. The summed E-state index contributed by atoms with van der Waals surface area (Å²) in [6.45, 7) is 1.65. The van der Waals surface area contributed by atoms with Gasteiger partial charge in [-0.25, -0.2) is 0 Å². The number of hydrogen-bond donors (Lipinski definition) is 2. The van der Waals surface area contributed by atoms with Crippen molar-refractivity contribution in [3.05, 3.63) is 35.4 Å². The minimum absolute atomic E-state index is 0.142. The van der Waals surface area contributed by atoms with Crippen LogP contribution in [0.2, 0.25) is 0 Å². The number of benzene rings is 1. The summed E-state index contributed by atoms with van der Waals surface area (Å²) in [7, 11) is 3.98. The average molecular weight is 278 g/mol. The first-order valence-electron chi connectivity index (χ1n) is 6.86. The lowest BCUT2D eigenvalue weighted by molar-refractivity contribution is -0.0260. The molecule has 2 N–H and O–H groups in total. The minimum atomic E-state index is -0.627. The van der Waals surface area contributed by atoms with E-state index < -0.39 is 6.10 Å². The second kappa shape index (κ2) is 6.83. The summed E-state index contributed by atoms with van der Waals surface area (Å²) in [5.41, 5.74) is 1.72. The summed E-state index contributed by atoms with van der Waals surface area (Å²) < 4.78 is 5.16. The molecule has 0 aromatic heterocycles. The van der Waals surface area contributed by atoms with Crippen LogP contribution in [0.25, 0.3) is 0 Å². The Bertz CT molecular complexity index is 462. The molecule has 0 spiro atoms. The van der Waals surface area contributed by atoms with Gasteiger partial charge in [-0.15, -0.1) is 0 Å². The first kappa shape index (κ1) is 15.0. The van der Waals surface area contributed by atoms with Gasteiger partial charge in [-0.1, -0.05) is 12.1 Å². The fourth-order valence-electron chi connectivity index (χ4n) is 2.32. The Labute approximate surface area is 119 Å². The van der Waals surface area contributed by atoms with Crippen molar-refractivity contribution >= 4 is 5.91 Å². The zero-order valence-electron chi connectivity index (χ0n) is 12.0. The number of hydrogen-bond acceptors (Lipinski definition) is 4. The van der Waals surface area contributed by atoms with E-state index in [2.05, 4.69) is 10.2 Å². The number of aliphatic hydroxyl groups excluding tert-OH is 1. The predicted molar refractivity (Wildman–Crippen MR) is 76.5 cm³/mol. The van der Waals surface area contributed by atoms with Gasteiger partial charge in [0.15, 0.2) is 0 Å². The van der Waals surface area contributed by atoms with Crippen molar-refractivity contribution in [3.8, 4) is 0 Å².